The van der Waals surface area contributed by atoms with E-state index in [0.29, 0.717) is 31.9 Å². The molecule has 1 aliphatic rings. The minimum absolute atomic E-state index is 0.0771. The molecule has 0 saturated heterocycles. The number of imidazole rings is 1. The molecule has 4 heterocycles. The lowest BCUT2D eigenvalue weighted by Gasteiger charge is -2.23. The molecule has 3 aromatic rings. The number of aryl methyl sites for hydroxylation is 1. The van der Waals surface area contributed by atoms with Crippen LogP contribution in [0.15, 0.2) is 55.2 Å². The zero-order chi connectivity index (χ0) is 17.9. The molecule has 0 radical (unpaired) electrons. The highest BCUT2D eigenvalue weighted by Gasteiger charge is 2.27. The van der Waals surface area contributed by atoms with E-state index in [2.05, 4.69) is 14.5 Å². The highest BCUT2D eigenvalue weighted by atomic mass is 16.5. The van der Waals surface area contributed by atoms with Crippen LogP contribution in [0.25, 0.3) is 0 Å². The summed E-state index contributed by atoms with van der Waals surface area (Å²) in [6, 6.07) is 9.81. The van der Waals surface area contributed by atoms with Gasteiger partial charge in [0.25, 0.3) is 5.91 Å². The summed E-state index contributed by atoms with van der Waals surface area (Å²) in [6.07, 6.45) is 7.06. The number of rotatable bonds is 4. The van der Waals surface area contributed by atoms with E-state index in [-0.39, 0.29) is 12.0 Å². The molecule has 0 saturated carbocycles. The van der Waals surface area contributed by atoms with Gasteiger partial charge in [0.1, 0.15) is 5.69 Å². The van der Waals surface area contributed by atoms with Crippen LogP contribution in [0.4, 0.5) is 0 Å². The summed E-state index contributed by atoms with van der Waals surface area (Å²) in [5, 5.41) is 0. The first-order valence-electron chi connectivity index (χ1n) is 8.62. The third kappa shape index (κ3) is 3.52. The monoisotopic (exact) mass is 351 g/mol. The average Bonchev–Trinajstić information content (AvgIpc) is 3.24. The van der Waals surface area contributed by atoms with Crippen LogP contribution in [0.5, 0.6) is 0 Å². The zero-order valence-corrected chi connectivity index (χ0v) is 14.7. The lowest BCUT2D eigenvalue weighted by molar-refractivity contribution is 0.00910. The summed E-state index contributed by atoms with van der Waals surface area (Å²) in [4.78, 5) is 23.2. The molecule has 0 fully saturated rings. The number of nitrogens with zero attached hydrogens (tertiary/aromatic N) is 5. The smallest absolute Gasteiger partial charge is 0.274 e. The third-order valence-corrected chi connectivity index (χ3v) is 4.51. The molecule has 4 rings (SSSR count). The van der Waals surface area contributed by atoms with Gasteiger partial charge in [0.15, 0.2) is 0 Å². The van der Waals surface area contributed by atoms with Crippen molar-refractivity contribution in [2.24, 2.45) is 7.05 Å². The SMILES string of the molecule is Cn1cnc(C(=O)N2Cc3cccn3C[C@H](OCc3ccccn3)C2)c1. The normalized spacial score (nSPS) is 17.0. The molecule has 26 heavy (non-hydrogen) atoms. The molecule has 134 valence electrons. The molecule has 1 aliphatic heterocycles. The second-order valence-electron chi connectivity index (χ2n) is 6.52. The summed E-state index contributed by atoms with van der Waals surface area (Å²) < 4.78 is 10.0. The fourth-order valence-electron chi connectivity index (χ4n) is 3.19. The predicted molar refractivity (Wildman–Crippen MR) is 95.2 cm³/mol. The predicted octanol–water partition coefficient (Wildman–Crippen LogP) is 1.86. The van der Waals surface area contributed by atoms with E-state index in [4.69, 9.17) is 4.74 Å². The maximum absolute atomic E-state index is 12.9. The van der Waals surface area contributed by atoms with Crippen LogP contribution in [0, 0.1) is 0 Å². The van der Waals surface area contributed by atoms with Gasteiger partial charge in [-0.1, -0.05) is 6.07 Å². The Bertz CT molecular complexity index is 886. The summed E-state index contributed by atoms with van der Waals surface area (Å²) >= 11 is 0. The summed E-state index contributed by atoms with van der Waals surface area (Å²) in [7, 11) is 1.86. The van der Waals surface area contributed by atoms with Crippen molar-refractivity contribution < 1.29 is 9.53 Å². The van der Waals surface area contributed by atoms with Gasteiger partial charge in [-0.2, -0.15) is 0 Å². The molecular formula is C19H21N5O2. The molecule has 0 unspecified atom stereocenters. The minimum Gasteiger partial charge on any atom is -0.368 e. The standard InChI is InChI=1S/C19H21N5O2/c1-22-12-18(21-14-22)19(25)24-9-16-6-4-8-23(16)10-17(11-24)26-13-15-5-2-3-7-20-15/h2-8,12,14,17H,9-11,13H2,1H3/t17-/m0/s1. The fraction of sp³-hybridized carbons (Fsp3) is 0.316. The Morgan fingerprint density at radius 1 is 1.23 bits per heavy atom. The first-order valence-corrected chi connectivity index (χ1v) is 8.62. The van der Waals surface area contributed by atoms with Gasteiger partial charge in [-0.25, -0.2) is 4.98 Å². The van der Waals surface area contributed by atoms with Crippen molar-refractivity contribution in [2.75, 3.05) is 6.54 Å². The van der Waals surface area contributed by atoms with Crippen molar-refractivity contribution in [3.63, 3.8) is 0 Å². The Morgan fingerprint density at radius 2 is 2.15 bits per heavy atom. The largest absolute Gasteiger partial charge is 0.368 e. The Balaban J connectivity index is 1.52. The number of aromatic nitrogens is 4. The van der Waals surface area contributed by atoms with Crippen LogP contribution in [0.2, 0.25) is 0 Å². The maximum atomic E-state index is 12.9. The van der Waals surface area contributed by atoms with E-state index in [9.17, 15) is 4.79 Å². The summed E-state index contributed by atoms with van der Waals surface area (Å²) in [6.45, 7) is 2.20. The number of hydrogen-bond acceptors (Lipinski definition) is 4. The third-order valence-electron chi connectivity index (χ3n) is 4.51. The van der Waals surface area contributed by atoms with Gasteiger partial charge in [0, 0.05) is 37.9 Å². The van der Waals surface area contributed by atoms with Gasteiger partial charge in [0.05, 0.1) is 37.8 Å². The van der Waals surface area contributed by atoms with E-state index in [0.717, 1.165) is 11.4 Å². The summed E-state index contributed by atoms with van der Waals surface area (Å²) in [5.74, 6) is -0.0771. The highest BCUT2D eigenvalue weighted by molar-refractivity contribution is 5.92. The van der Waals surface area contributed by atoms with Crippen molar-refractivity contribution in [1.82, 2.24) is 24.0 Å². The van der Waals surface area contributed by atoms with Crippen LogP contribution in [0.1, 0.15) is 21.9 Å². The average molecular weight is 351 g/mol. The molecule has 1 amide bonds. The number of carbonyl (C=O) groups excluding carboxylic acids is 1. The van der Waals surface area contributed by atoms with E-state index in [1.54, 1.807) is 23.3 Å². The molecule has 0 bridgehead atoms. The molecule has 7 nitrogen and oxygen atoms in total. The Kier molecular flexibility index (Phi) is 4.53. The lowest BCUT2D eigenvalue weighted by atomic mass is 10.3. The number of carbonyl (C=O) groups is 1. The molecule has 0 aromatic carbocycles. The van der Waals surface area contributed by atoms with Crippen molar-refractivity contribution >= 4 is 5.91 Å². The van der Waals surface area contributed by atoms with Gasteiger partial charge >= 0.3 is 0 Å². The maximum Gasteiger partial charge on any atom is 0.274 e. The molecule has 0 aliphatic carbocycles. The fourth-order valence-corrected chi connectivity index (χ4v) is 3.19. The van der Waals surface area contributed by atoms with Crippen molar-refractivity contribution in [2.45, 2.75) is 25.8 Å². The molecule has 1 atom stereocenters. The van der Waals surface area contributed by atoms with Crippen molar-refractivity contribution in [3.05, 3.63) is 72.3 Å². The Labute approximate surface area is 151 Å². The van der Waals surface area contributed by atoms with E-state index >= 15 is 0 Å². The van der Waals surface area contributed by atoms with E-state index in [1.807, 2.05) is 48.5 Å². The van der Waals surface area contributed by atoms with Gasteiger partial charge in [-0.05, 0) is 24.3 Å². The van der Waals surface area contributed by atoms with Gasteiger partial charge in [0.2, 0.25) is 0 Å². The molecule has 0 N–H and O–H groups in total. The van der Waals surface area contributed by atoms with Gasteiger partial charge in [-0.3, -0.25) is 9.78 Å². The van der Waals surface area contributed by atoms with Crippen LogP contribution < -0.4 is 0 Å². The molecular weight excluding hydrogens is 330 g/mol. The number of ether oxygens (including phenoxy) is 1. The topological polar surface area (TPSA) is 65.2 Å². The molecule has 7 heteroatoms. The first-order chi connectivity index (χ1) is 12.7. The summed E-state index contributed by atoms with van der Waals surface area (Å²) in [5.41, 5.74) is 2.43. The van der Waals surface area contributed by atoms with Crippen LogP contribution in [-0.2, 0) is 31.5 Å². The Morgan fingerprint density at radius 3 is 2.92 bits per heavy atom. The van der Waals surface area contributed by atoms with Crippen LogP contribution >= 0.6 is 0 Å². The first kappa shape index (κ1) is 16.5. The highest BCUT2D eigenvalue weighted by Crippen LogP contribution is 2.18. The van der Waals surface area contributed by atoms with Crippen LogP contribution in [0.3, 0.4) is 0 Å². The number of hydrogen-bond donors (Lipinski definition) is 0. The van der Waals surface area contributed by atoms with Crippen LogP contribution in [-0.4, -0.2) is 42.6 Å². The van der Waals surface area contributed by atoms with E-state index < -0.39 is 0 Å². The Hall–Kier alpha value is -2.93. The molecule has 0 spiro atoms. The van der Waals surface area contributed by atoms with Crippen molar-refractivity contribution in [1.29, 1.82) is 0 Å². The van der Waals surface area contributed by atoms with Gasteiger partial charge < -0.3 is 18.8 Å². The minimum atomic E-state index is -0.113. The quantitative estimate of drug-likeness (QED) is 0.720. The number of amides is 1. The molecule has 3 aromatic heterocycles. The second kappa shape index (κ2) is 7.13. The number of fused-ring (bicyclic) bond motifs is 1. The van der Waals surface area contributed by atoms with Crippen molar-refractivity contribution in [3.8, 4) is 0 Å². The second-order valence-corrected chi connectivity index (χ2v) is 6.52. The van der Waals surface area contributed by atoms with Gasteiger partial charge in [-0.15, -0.1) is 0 Å². The zero-order valence-electron chi connectivity index (χ0n) is 14.7. The number of pyridine rings is 1. The van der Waals surface area contributed by atoms with E-state index in [1.165, 1.54) is 0 Å². The lowest BCUT2D eigenvalue weighted by Crippen LogP contribution is -2.37.